The van der Waals surface area contributed by atoms with E-state index in [1.807, 2.05) is 0 Å². The number of hydrogen-bond donors (Lipinski definition) is 2. The SMILES string of the molecule is COc1cc(/C=N/N=C2\NC(=O)C(CC(=O)c3ccc(Br)cc3)S2)ccc1O. The molecule has 1 fully saturated rings. The molecule has 0 saturated carbocycles. The minimum atomic E-state index is -0.543. The van der Waals surface area contributed by atoms with Crippen LogP contribution in [0, 0.1) is 0 Å². The zero-order valence-corrected chi connectivity index (χ0v) is 17.2. The summed E-state index contributed by atoms with van der Waals surface area (Å²) in [6.07, 6.45) is 1.55. The van der Waals surface area contributed by atoms with Crippen molar-refractivity contribution >= 4 is 50.8 Å². The Labute approximate surface area is 174 Å². The highest BCUT2D eigenvalue weighted by atomic mass is 79.9. The zero-order chi connectivity index (χ0) is 20.1. The first kappa shape index (κ1) is 20.1. The van der Waals surface area contributed by atoms with Crippen LogP contribution in [0.3, 0.4) is 0 Å². The van der Waals surface area contributed by atoms with Gasteiger partial charge in [-0.3, -0.25) is 9.59 Å². The number of nitrogens with zero attached hydrogens (tertiary/aromatic N) is 2. The Kier molecular flexibility index (Phi) is 6.48. The Morgan fingerprint density at radius 1 is 1.32 bits per heavy atom. The Bertz CT molecular complexity index is 960. The molecule has 1 aliphatic rings. The molecule has 0 aromatic heterocycles. The highest BCUT2D eigenvalue weighted by Crippen LogP contribution is 2.26. The van der Waals surface area contributed by atoms with Crippen molar-refractivity contribution in [3.05, 3.63) is 58.1 Å². The second-order valence-electron chi connectivity index (χ2n) is 5.81. The molecule has 9 heteroatoms. The highest BCUT2D eigenvalue weighted by Gasteiger charge is 2.32. The van der Waals surface area contributed by atoms with Gasteiger partial charge in [-0.05, 0) is 35.9 Å². The number of Topliss-reactive ketones (excluding diaryl/α,β-unsaturated/α-hetero) is 1. The molecule has 1 aliphatic heterocycles. The smallest absolute Gasteiger partial charge is 0.240 e. The first-order chi connectivity index (χ1) is 13.5. The average Bonchev–Trinajstić information content (AvgIpc) is 3.02. The van der Waals surface area contributed by atoms with Crippen LogP contribution in [0.2, 0.25) is 0 Å². The summed E-state index contributed by atoms with van der Waals surface area (Å²) in [4.78, 5) is 24.4. The van der Waals surface area contributed by atoms with E-state index in [2.05, 4.69) is 31.4 Å². The standard InChI is InChI=1S/C19H16BrN3O4S/c1-27-16-8-11(2-7-14(16)24)10-21-23-19-22-18(26)17(28-19)9-15(25)12-3-5-13(20)6-4-12/h2-8,10,17,24H,9H2,1H3,(H,22,23,26)/b21-10+. The van der Waals surface area contributed by atoms with E-state index in [4.69, 9.17) is 4.74 Å². The van der Waals surface area contributed by atoms with Crippen molar-refractivity contribution in [3.63, 3.8) is 0 Å². The number of benzene rings is 2. The van der Waals surface area contributed by atoms with Crippen molar-refractivity contribution in [3.8, 4) is 11.5 Å². The molecular weight excluding hydrogens is 446 g/mol. The molecule has 1 heterocycles. The molecule has 7 nitrogen and oxygen atoms in total. The molecule has 1 unspecified atom stereocenters. The molecule has 0 aliphatic carbocycles. The number of amides is 1. The number of ketones is 1. The molecule has 2 aromatic carbocycles. The fraction of sp³-hybridized carbons (Fsp3) is 0.158. The molecule has 2 aromatic rings. The third kappa shape index (κ3) is 4.99. The number of aromatic hydroxyl groups is 1. The summed E-state index contributed by atoms with van der Waals surface area (Å²) in [5.74, 6) is -0.0219. The summed E-state index contributed by atoms with van der Waals surface area (Å²) >= 11 is 4.50. The number of rotatable bonds is 6. The summed E-state index contributed by atoms with van der Waals surface area (Å²) in [5.41, 5.74) is 1.23. The lowest BCUT2D eigenvalue weighted by Gasteiger charge is -2.04. The van der Waals surface area contributed by atoms with Crippen molar-refractivity contribution in [1.29, 1.82) is 0 Å². The van der Waals surface area contributed by atoms with E-state index in [0.29, 0.717) is 22.0 Å². The third-order valence-electron chi connectivity index (χ3n) is 3.87. The Balaban J connectivity index is 1.62. The van der Waals surface area contributed by atoms with Crippen LogP contribution in [0.15, 0.2) is 57.1 Å². The van der Waals surface area contributed by atoms with Gasteiger partial charge in [0.1, 0.15) is 0 Å². The molecule has 3 rings (SSSR count). The number of carbonyl (C=O) groups is 2. The third-order valence-corrected chi connectivity index (χ3v) is 5.47. The van der Waals surface area contributed by atoms with E-state index >= 15 is 0 Å². The Morgan fingerprint density at radius 3 is 2.79 bits per heavy atom. The second kappa shape index (κ2) is 9.03. The number of amidine groups is 1. The maximum absolute atomic E-state index is 12.3. The van der Waals surface area contributed by atoms with Gasteiger partial charge in [0.15, 0.2) is 22.4 Å². The quantitative estimate of drug-likeness (QED) is 0.390. The first-order valence-electron chi connectivity index (χ1n) is 8.20. The van der Waals surface area contributed by atoms with E-state index in [1.165, 1.54) is 31.2 Å². The van der Waals surface area contributed by atoms with Crippen LogP contribution in [0.4, 0.5) is 0 Å². The lowest BCUT2D eigenvalue weighted by atomic mass is 10.1. The van der Waals surface area contributed by atoms with Crippen LogP contribution in [-0.4, -0.2) is 40.5 Å². The number of thioether (sulfide) groups is 1. The largest absolute Gasteiger partial charge is 0.504 e. The molecule has 1 atom stereocenters. The van der Waals surface area contributed by atoms with Crippen molar-refractivity contribution in [2.24, 2.45) is 10.2 Å². The number of ether oxygens (including phenoxy) is 1. The van der Waals surface area contributed by atoms with Gasteiger partial charge < -0.3 is 15.2 Å². The predicted molar refractivity (Wildman–Crippen MR) is 112 cm³/mol. The van der Waals surface area contributed by atoms with E-state index in [-0.39, 0.29) is 23.9 Å². The van der Waals surface area contributed by atoms with Crippen molar-refractivity contribution in [1.82, 2.24) is 5.32 Å². The lowest BCUT2D eigenvalue weighted by molar-refractivity contribution is -0.118. The summed E-state index contributed by atoms with van der Waals surface area (Å²) in [6.45, 7) is 0. The lowest BCUT2D eigenvalue weighted by Crippen LogP contribution is -2.26. The summed E-state index contributed by atoms with van der Waals surface area (Å²) in [7, 11) is 1.45. The van der Waals surface area contributed by atoms with E-state index < -0.39 is 5.25 Å². The van der Waals surface area contributed by atoms with E-state index in [0.717, 1.165) is 4.47 Å². The van der Waals surface area contributed by atoms with Gasteiger partial charge in [0, 0.05) is 16.5 Å². The maximum atomic E-state index is 12.3. The monoisotopic (exact) mass is 461 g/mol. The number of hydrogen-bond acceptors (Lipinski definition) is 7. The molecule has 0 radical (unpaired) electrons. The maximum Gasteiger partial charge on any atom is 0.240 e. The number of nitrogens with one attached hydrogen (secondary N) is 1. The minimum Gasteiger partial charge on any atom is -0.504 e. The van der Waals surface area contributed by atoms with Crippen LogP contribution >= 0.6 is 27.7 Å². The fourth-order valence-electron chi connectivity index (χ4n) is 2.43. The topological polar surface area (TPSA) is 100 Å². The number of phenolic OH excluding ortho intramolecular Hbond substituents is 1. The number of methoxy groups -OCH3 is 1. The van der Waals surface area contributed by atoms with Gasteiger partial charge in [-0.25, -0.2) is 0 Å². The molecule has 0 bridgehead atoms. The van der Waals surface area contributed by atoms with E-state index in [9.17, 15) is 14.7 Å². The van der Waals surface area contributed by atoms with Gasteiger partial charge in [-0.15, -0.1) is 5.10 Å². The Hall–Kier alpha value is -2.65. The van der Waals surface area contributed by atoms with Crippen LogP contribution < -0.4 is 10.1 Å². The molecule has 144 valence electrons. The molecule has 1 saturated heterocycles. The van der Waals surface area contributed by atoms with Gasteiger partial charge in [0.25, 0.3) is 0 Å². The first-order valence-corrected chi connectivity index (χ1v) is 9.88. The fourth-order valence-corrected chi connectivity index (χ4v) is 3.62. The van der Waals surface area contributed by atoms with Crippen LogP contribution in [0.5, 0.6) is 11.5 Å². The average molecular weight is 462 g/mol. The number of phenols is 1. The van der Waals surface area contributed by atoms with Gasteiger partial charge in [-0.1, -0.05) is 39.8 Å². The van der Waals surface area contributed by atoms with Crippen molar-refractivity contribution in [2.45, 2.75) is 11.7 Å². The zero-order valence-electron chi connectivity index (χ0n) is 14.8. The summed E-state index contributed by atoms with van der Waals surface area (Å²) in [5, 5.41) is 19.9. The minimum absolute atomic E-state index is 0.0304. The van der Waals surface area contributed by atoms with Crippen LogP contribution in [0.1, 0.15) is 22.3 Å². The van der Waals surface area contributed by atoms with E-state index in [1.54, 1.807) is 36.4 Å². The number of halogens is 1. The van der Waals surface area contributed by atoms with Gasteiger partial charge >= 0.3 is 0 Å². The number of carbonyl (C=O) groups excluding carboxylic acids is 2. The highest BCUT2D eigenvalue weighted by molar-refractivity contribution is 9.10. The summed E-state index contributed by atoms with van der Waals surface area (Å²) < 4.78 is 5.92. The molecule has 28 heavy (non-hydrogen) atoms. The molecule has 1 amide bonds. The summed E-state index contributed by atoms with van der Waals surface area (Å²) in [6, 6.07) is 11.8. The van der Waals surface area contributed by atoms with Crippen molar-refractivity contribution < 1.29 is 19.4 Å². The molecular formula is C19H16BrN3O4S. The van der Waals surface area contributed by atoms with Gasteiger partial charge in [-0.2, -0.15) is 5.10 Å². The van der Waals surface area contributed by atoms with Crippen LogP contribution in [0.25, 0.3) is 0 Å². The normalized spacial score (nSPS) is 17.9. The Morgan fingerprint density at radius 2 is 2.07 bits per heavy atom. The van der Waals surface area contributed by atoms with Gasteiger partial charge in [0.2, 0.25) is 5.91 Å². The second-order valence-corrected chi connectivity index (χ2v) is 7.92. The molecule has 2 N–H and O–H groups in total. The predicted octanol–water partition coefficient (Wildman–Crippen LogP) is 3.36. The van der Waals surface area contributed by atoms with Gasteiger partial charge in [0.05, 0.1) is 18.6 Å². The molecule has 0 spiro atoms. The van der Waals surface area contributed by atoms with Crippen molar-refractivity contribution in [2.75, 3.05) is 7.11 Å². The van der Waals surface area contributed by atoms with Crippen LogP contribution in [-0.2, 0) is 4.79 Å².